The van der Waals surface area contributed by atoms with Gasteiger partial charge in [0.1, 0.15) is 5.82 Å². The monoisotopic (exact) mass is 412 g/mol. The van der Waals surface area contributed by atoms with E-state index >= 15 is 0 Å². The third-order valence-electron chi connectivity index (χ3n) is 4.61. The molecule has 2 aromatic rings. The molecular formula is C22H25FN4O3. The first-order valence-electron chi connectivity index (χ1n) is 9.79. The molecule has 3 rings (SSSR count). The smallest absolute Gasteiger partial charge is 0.258 e. The molecule has 8 heteroatoms. The van der Waals surface area contributed by atoms with Gasteiger partial charge in [0, 0.05) is 30.5 Å². The van der Waals surface area contributed by atoms with Crippen LogP contribution in [0.1, 0.15) is 35.7 Å². The lowest BCUT2D eigenvalue weighted by atomic mass is 10.1. The van der Waals surface area contributed by atoms with Crippen LogP contribution < -0.4 is 16.0 Å². The van der Waals surface area contributed by atoms with Crippen molar-refractivity contribution in [2.45, 2.75) is 32.8 Å². The maximum atomic E-state index is 13.5. The Balaban J connectivity index is 1.78. The van der Waals surface area contributed by atoms with Gasteiger partial charge in [-0.05, 0) is 55.7 Å². The molecule has 1 heterocycles. The molecule has 2 amide bonds. The maximum absolute atomic E-state index is 13.5. The maximum Gasteiger partial charge on any atom is 0.258 e. The van der Waals surface area contributed by atoms with Gasteiger partial charge < -0.3 is 15.4 Å². The number of hydrogen-bond acceptors (Lipinski definition) is 4. The molecule has 0 aromatic heterocycles. The Kier molecular flexibility index (Phi) is 7.13. The number of nitrogens with one attached hydrogen (secondary N) is 3. The van der Waals surface area contributed by atoms with Crippen LogP contribution in [0.15, 0.2) is 47.5 Å². The number of hydrogen-bond donors (Lipinski definition) is 3. The summed E-state index contributed by atoms with van der Waals surface area (Å²) in [5, 5.41) is 8.40. The number of aryl methyl sites for hydroxylation is 1. The molecule has 1 fully saturated rings. The number of rotatable bonds is 5. The van der Waals surface area contributed by atoms with E-state index in [-0.39, 0.29) is 18.0 Å². The third-order valence-corrected chi connectivity index (χ3v) is 4.61. The summed E-state index contributed by atoms with van der Waals surface area (Å²) >= 11 is 0. The van der Waals surface area contributed by atoms with Crippen molar-refractivity contribution < 1.29 is 18.7 Å². The zero-order valence-electron chi connectivity index (χ0n) is 17.0. The molecule has 3 N–H and O–H groups in total. The molecule has 0 bridgehead atoms. The molecule has 1 saturated heterocycles. The molecule has 0 saturated carbocycles. The fraction of sp³-hybridized carbons (Fsp3) is 0.318. The highest BCUT2D eigenvalue weighted by Gasteiger charge is 2.16. The lowest BCUT2D eigenvalue weighted by Crippen LogP contribution is -2.36. The summed E-state index contributed by atoms with van der Waals surface area (Å²) < 4.78 is 19.1. The second kappa shape index (κ2) is 9.98. The van der Waals surface area contributed by atoms with Gasteiger partial charge in [0.2, 0.25) is 11.9 Å². The molecule has 0 radical (unpaired) electrons. The van der Waals surface area contributed by atoms with Gasteiger partial charge in [-0.25, -0.2) is 9.38 Å². The Bertz CT molecular complexity index is 955. The number of guanidine groups is 1. The first kappa shape index (κ1) is 21.4. The topological polar surface area (TPSA) is 91.8 Å². The van der Waals surface area contributed by atoms with E-state index in [1.165, 1.54) is 19.1 Å². The van der Waals surface area contributed by atoms with Gasteiger partial charge in [0.05, 0.1) is 12.6 Å². The van der Waals surface area contributed by atoms with Crippen LogP contribution in [0.2, 0.25) is 0 Å². The summed E-state index contributed by atoms with van der Waals surface area (Å²) in [6.45, 7) is 4.33. The number of halogens is 1. The predicted octanol–water partition coefficient (Wildman–Crippen LogP) is 3.47. The highest BCUT2D eigenvalue weighted by molar-refractivity contribution is 6.10. The fourth-order valence-electron chi connectivity index (χ4n) is 3.06. The van der Waals surface area contributed by atoms with Gasteiger partial charge in [0.15, 0.2) is 0 Å². The summed E-state index contributed by atoms with van der Waals surface area (Å²) in [7, 11) is 0. The Labute approximate surface area is 174 Å². The Hall–Kier alpha value is -3.26. The fourth-order valence-corrected chi connectivity index (χ4v) is 3.06. The van der Waals surface area contributed by atoms with Crippen LogP contribution in [0.5, 0.6) is 0 Å². The normalized spacial score (nSPS) is 16.2. The highest BCUT2D eigenvalue weighted by Crippen LogP contribution is 2.17. The molecule has 0 spiro atoms. The van der Waals surface area contributed by atoms with Crippen LogP contribution in [0.25, 0.3) is 0 Å². The third kappa shape index (κ3) is 6.12. The number of carbonyl (C=O) groups excluding carboxylic acids is 2. The summed E-state index contributed by atoms with van der Waals surface area (Å²) in [5.41, 5.74) is 2.22. The number of nitrogens with zero attached hydrogens (tertiary/aromatic N) is 1. The minimum Gasteiger partial charge on any atom is -0.376 e. The minimum absolute atomic E-state index is 0.00282. The Morgan fingerprint density at radius 1 is 1.20 bits per heavy atom. The highest BCUT2D eigenvalue weighted by atomic mass is 19.1. The standard InChI is InChI=1S/C22H25FN4O3/c1-14-8-9-16(11-20(14)25-15(2)28)21(29)27-22(24-13-19-7-4-10-30-19)26-18-6-3-5-17(23)12-18/h3,5-6,8-9,11-12,19H,4,7,10,13H2,1-2H3,(H,25,28)(H2,24,26,27,29)/t19-/m0/s1. The van der Waals surface area contributed by atoms with Crippen molar-refractivity contribution in [3.63, 3.8) is 0 Å². The minimum atomic E-state index is -0.406. The van der Waals surface area contributed by atoms with Crippen molar-refractivity contribution in [3.05, 3.63) is 59.4 Å². The van der Waals surface area contributed by atoms with E-state index in [1.807, 2.05) is 6.92 Å². The molecule has 2 aromatic carbocycles. The second-order valence-electron chi connectivity index (χ2n) is 7.12. The summed E-state index contributed by atoms with van der Waals surface area (Å²) in [4.78, 5) is 28.6. The molecular weight excluding hydrogens is 387 g/mol. The van der Waals surface area contributed by atoms with E-state index in [2.05, 4.69) is 20.9 Å². The number of anilines is 2. The van der Waals surface area contributed by atoms with E-state index in [9.17, 15) is 14.0 Å². The number of carbonyl (C=O) groups is 2. The molecule has 0 aliphatic carbocycles. The van der Waals surface area contributed by atoms with Gasteiger partial charge in [0.25, 0.3) is 5.91 Å². The lowest BCUT2D eigenvalue weighted by molar-refractivity contribution is -0.114. The van der Waals surface area contributed by atoms with E-state index < -0.39 is 11.7 Å². The van der Waals surface area contributed by atoms with Crippen molar-refractivity contribution >= 4 is 29.1 Å². The van der Waals surface area contributed by atoms with Gasteiger partial charge in [-0.15, -0.1) is 0 Å². The van der Waals surface area contributed by atoms with Crippen LogP contribution in [0, 0.1) is 12.7 Å². The summed E-state index contributed by atoms with van der Waals surface area (Å²) in [5.74, 6) is -0.829. The second-order valence-corrected chi connectivity index (χ2v) is 7.12. The Morgan fingerprint density at radius 2 is 2.03 bits per heavy atom. The number of amides is 2. The van der Waals surface area contributed by atoms with Crippen molar-refractivity contribution in [1.82, 2.24) is 5.32 Å². The average molecular weight is 412 g/mol. The molecule has 1 aliphatic heterocycles. The van der Waals surface area contributed by atoms with Crippen LogP contribution in [0.3, 0.4) is 0 Å². The Morgan fingerprint density at radius 3 is 2.73 bits per heavy atom. The molecule has 1 aliphatic rings. The quantitative estimate of drug-likeness (QED) is 0.518. The SMILES string of the molecule is CC(=O)Nc1cc(C(=O)NC(=NC[C@@H]2CCCO2)Nc2cccc(F)c2)ccc1C. The van der Waals surface area contributed by atoms with Crippen LogP contribution >= 0.6 is 0 Å². The van der Waals surface area contributed by atoms with Crippen LogP contribution in [-0.4, -0.2) is 37.0 Å². The zero-order chi connectivity index (χ0) is 21.5. The molecule has 0 unspecified atom stereocenters. The first-order chi connectivity index (χ1) is 14.4. The zero-order valence-corrected chi connectivity index (χ0v) is 17.0. The van der Waals surface area contributed by atoms with E-state index in [1.54, 1.807) is 30.3 Å². The first-order valence-corrected chi connectivity index (χ1v) is 9.79. The van der Waals surface area contributed by atoms with E-state index in [4.69, 9.17) is 4.74 Å². The van der Waals surface area contributed by atoms with Gasteiger partial charge >= 0.3 is 0 Å². The molecule has 30 heavy (non-hydrogen) atoms. The van der Waals surface area contributed by atoms with Crippen molar-refractivity contribution in [2.75, 3.05) is 23.8 Å². The van der Waals surface area contributed by atoms with Crippen molar-refractivity contribution in [3.8, 4) is 0 Å². The van der Waals surface area contributed by atoms with Crippen molar-refractivity contribution in [2.24, 2.45) is 4.99 Å². The van der Waals surface area contributed by atoms with Crippen LogP contribution in [-0.2, 0) is 9.53 Å². The average Bonchev–Trinajstić information content (AvgIpc) is 3.21. The molecule has 158 valence electrons. The number of ether oxygens (including phenoxy) is 1. The molecule has 7 nitrogen and oxygen atoms in total. The van der Waals surface area contributed by atoms with Crippen LogP contribution in [0.4, 0.5) is 15.8 Å². The lowest BCUT2D eigenvalue weighted by Gasteiger charge is -2.14. The van der Waals surface area contributed by atoms with Gasteiger partial charge in [-0.1, -0.05) is 12.1 Å². The number of benzene rings is 2. The van der Waals surface area contributed by atoms with Gasteiger partial charge in [-0.3, -0.25) is 14.9 Å². The van der Waals surface area contributed by atoms with E-state index in [0.717, 1.165) is 18.4 Å². The number of aliphatic imine (C=N–C) groups is 1. The summed E-state index contributed by atoms with van der Waals surface area (Å²) in [6, 6.07) is 10.9. The largest absolute Gasteiger partial charge is 0.376 e. The molecule has 1 atom stereocenters. The van der Waals surface area contributed by atoms with E-state index in [0.29, 0.717) is 30.1 Å². The van der Waals surface area contributed by atoms with Crippen molar-refractivity contribution in [1.29, 1.82) is 0 Å². The predicted molar refractivity (Wildman–Crippen MR) is 114 cm³/mol. The summed E-state index contributed by atoms with van der Waals surface area (Å²) in [6.07, 6.45) is 1.88. The van der Waals surface area contributed by atoms with Gasteiger partial charge in [-0.2, -0.15) is 0 Å².